The molecule has 7 rings (SSSR count). The molecule has 7 amide bonds. The van der Waals surface area contributed by atoms with Crippen LogP contribution in [0.4, 0.5) is 0 Å². The standard InChI is InChI=1S/C58H74N7O20P.Na/c1-5-6-7-24-84-39-20-16-35(17-21-39)33-10-8-32(9-11-33)34-12-14-37(15-13-34)51(73)59-41-26-43(69)54(76)63-56(78)47-48(70)29(2)27-65(47)58(80)45(31(4)67)61-55(77)46(50(72)49(71)36-18-22-40(23-19-36)85-86(81,82)83)62-53(75)42-25-38(68)28-64(42)57(79)44(30(3)66)60-52(41)74;/h8-23,29-31,38,41-50,54,66-72,76H,5-7,24-28H2,1-4H3,(H,59,73)(H,60,74)(H,61,77)(H,62,75)(H,63,78)(H2,81,82,83);/q;+1/p-1/t29-,30+,31+,38+,41?,42-,43+,44-,45-,46-,47-,48-,49-,50-,54+;/m0./s1. The predicted octanol–water partition coefficient (Wildman–Crippen LogP) is -4.79. The number of phosphoric acid groups is 1. The number of ether oxygens (including phenoxy) is 1. The van der Waals surface area contributed by atoms with Crippen molar-refractivity contribution in [3.8, 4) is 33.8 Å². The molecule has 27 nitrogen and oxygen atoms in total. The maximum Gasteiger partial charge on any atom is 1.00 e. The first kappa shape index (κ1) is 69.7. The molecule has 3 aliphatic heterocycles. The number of aliphatic hydroxyl groups is 8. The quantitative estimate of drug-likeness (QED) is 0.0284. The topological polar surface area (TPSA) is 427 Å². The van der Waals surface area contributed by atoms with Crippen molar-refractivity contribution in [1.29, 1.82) is 0 Å². The van der Waals surface area contributed by atoms with Crippen molar-refractivity contribution in [3.63, 3.8) is 0 Å². The fraction of sp³-hybridized carbons (Fsp3) is 0.466. The molecule has 466 valence electrons. The van der Waals surface area contributed by atoms with E-state index < -0.39 is 172 Å². The third kappa shape index (κ3) is 17.7. The number of unbranched alkanes of at least 4 members (excludes halogenated alkanes) is 2. The molecule has 3 heterocycles. The summed E-state index contributed by atoms with van der Waals surface area (Å²) in [6.45, 7) is 5.26. The Kier molecular flexibility index (Phi) is 24.6. The van der Waals surface area contributed by atoms with Crippen LogP contribution in [-0.2, 0) is 33.3 Å². The summed E-state index contributed by atoms with van der Waals surface area (Å²) in [5, 5.41) is 102. The summed E-state index contributed by atoms with van der Waals surface area (Å²) in [4.78, 5) is 122. The number of aliphatic hydroxyl groups excluding tert-OH is 8. The van der Waals surface area contributed by atoms with Gasteiger partial charge >= 0.3 is 37.4 Å². The fourth-order valence-electron chi connectivity index (χ4n) is 10.4. The summed E-state index contributed by atoms with van der Waals surface area (Å²) in [5.41, 5.74) is 3.11. The number of rotatable bonds is 16. The van der Waals surface area contributed by atoms with Gasteiger partial charge in [-0.15, -0.1) is 0 Å². The van der Waals surface area contributed by atoms with Gasteiger partial charge in [-0.25, -0.2) is 0 Å². The van der Waals surface area contributed by atoms with Crippen molar-refractivity contribution in [2.24, 2.45) is 5.92 Å². The molecule has 3 saturated heterocycles. The molecule has 16 atom stereocenters. The van der Waals surface area contributed by atoms with Gasteiger partial charge in [-0.3, -0.25) is 38.1 Å². The molecule has 0 aliphatic carbocycles. The molecule has 0 radical (unpaired) electrons. The fourth-order valence-corrected chi connectivity index (χ4v) is 10.8. The Bertz CT molecular complexity index is 3090. The maximum atomic E-state index is 14.5. The summed E-state index contributed by atoms with van der Waals surface area (Å²) in [6, 6.07) is 13.4. The Morgan fingerprint density at radius 2 is 1.17 bits per heavy atom. The summed E-state index contributed by atoms with van der Waals surface area (Å²) in [6.07, 6.45) is -14.3. The number of carbonyl (C=O) groups excluding carboxylic acids is 7. The number of nitrogens with zero attached hydrogens (tertiary/aromatic N) is 2. The van der Waals surface area contributed by atoms with Gasteiger partial charge in [0, 0.05) is 37.4 Å². The molecule has 3 fully saturated rings. The molecule has 0 bridgehead atoms. The molecule has 29 heteroatoms. The molecule has 0 aromatic heterocycles. The molecule has 3 aliphatic rings. The Morgan fingerprint density at radius 1 is 0.667 bits per heavy atom. The van der Waals surface area contributed by atoms with Gasteiger partial charge in [0.1, 0.15) is 66.1 Å². The summed E-state index contributed by atoms with van der Waals surface area (Å²) >= 11 is 0. The van der Waals surface area contributed by atoms with Gasteiger partial charge in [-0.2, -0.15) is 0 Å². The van der Waals surface area contributed by atoms with E-state index in [4.69, 9.17) is 9.63 Å². The van der Waals surface area contributed by atoms with E-state index in [1.807, 2.05) is 48.5 Å². The Hall–Kier alpha value is -6.40. The monoisotopic (exact) mass is 1240 g/mol. The minimum Gasteiger partial charge on any atom is -0.746 e. The first-order valence-electron chi connectivity index (χ1n) is 28.0. The number of phosphoric ester groups is 1. The van der Waals surface area contributed by atoms with Gasteiger partial charge in [-0.05, 0) is 84.5 Å². The molecule has 4 aromatic rings. The van der Waals surface area contributed by atoms with E-state index in [9.17, 15) is 83.9 Å². The second kappa shape index (κ2) is 30.7. The average Bonchev–Trinajstić information content (AvgIpc) is 2.40. The van der Waals surface area contributed by atoms with Crippen molar-refractivity contribution < 1.29 is 128 Å². The van der Waals surface area contributed by atoms with E-state index >= 15 is 0 Å². The van der Waals surface area contributed by atoms with Gasteiger partial charge in [0.25, 0.3) is 5.91 Å². The SMILES string of the molecule is CCCCCOc1ccc(-c2ccc(-c3ccc(C(=O)NC4C[C@@H](O)[C@@H](O)NC(=O)[C@@H]5[C@@H](O)[C@@H](C)CN5C(=O)[C@H]([C@@H](C)O)NC(=O)[C@H]([C@H](O)[C@@H](O)c5ccc(OP(=O)([O-])O)cc5)NC(=O)[C@@H]5C[C@@H](O)CN5C(=O)[C@H]([C@@H](C)O)NC4=O)cc3)cc2)cc1.[Na+]. The number of nitrogens with one attached hydrogen (secondary N) is 5. The first-order chi connectivity index (χ1) is 40.6. The second-order valence-electron chi connectivity index (χ2n) is 21.8. The predicted molar refractivity (Wildman–Crippen MR) is 302 cm³/mol. The number of amides is 7. The Morgan fingerprint density at radius 3 is 1.71 bits per heavy atom. The molecule has 0 spiro atoms. The summed E-state index contributed by atoms with van der Waals surface area (Å²) in [7, 11) is -5.31. The van der Waals surface area contributed by atoms with Crippen LogP contribution in [0.3, 0.4) is 0 Å². The number of hydrogen-bond acceptors (Lipinski definition) is 19. The van der Waals surface area contributed by atoms with Gasteiger partial charge in [-0.1, -0.05) is 87.4 Å². The van der Waals surface area contributed by atoms with Crippen LogP contribution < -0.4 is 70.3 Å². The van der Waals surface area contributed by atoms with Crippen molar-refractivity contribution in [2.45, 2.75) is 145 Å². The third-order valence-electron chi connectivity index (χ3n) is 15.2. The molecule has 14 N–H and O–H groups in total. The van der Waals surface area contributed by atoms with Crippen molar-refractivity contribution in [2.75, 3.05) is 19.7 Å². The molecular weight excluding hydrogens is 1170 g/mol. The van der Waals surface area contributed by atoms with Gasteiger partial charge in [0.15, 0.2) is 6.23 Å². The smallest absolute Gasteiger partial charge is 0.746 e. The Labute approximate surface area is 523 Å². The van der Waals surface area contributed by atoms with E-state index in [0.717, 1.165) is 89.6 Å². The number of fused-ring (bicyclic) bond motifs is 2. The maximum absolute atomic E-state index is 14.5. The van der Waals surface area contributed by atoms with E-state index in [-0.39, 0.29) is 40.7 Å². The van der Waals surface area contributed by atoms with E-state index in [2.05, 4.69) is 38.0 Å². The molecule has 2 unspecified atom stereocenters. The zero-order valence-corrected chi connectivity index (χ0v) is 51.3. The van der Waals surface area contributed by atoms with Crippen LogP contribution in [0, 0.1) is 5.92 Å². The average molecular weight is 1240 g/mol. The van der Waals surface area contributed by atoms with Gasteiger partial charge in [0.05, 0.1) is 31.0 Å². The van der Waals surface area contributed by atoms with Crippen molar-refractivity contribution >= 4 is 49.2 Å². The second-order valence-corrected chi connectivity index (χ2v) is 22.9. The number of hydrogen-bond donors (Lipinski definition) is 14. The van der Waals surface area contributed by atoms with Crippen molar-refractivity contribution in [3.05, 3.63) is 108 Å². The zero-order chi connectivity index (χ0) is 62.9. The van der Waals surface area contributed by atoms with Crippen LogP contribution in [-0.4, -0.2) is 196 Å². The number of carbonyl (C=O) groups is 7. The third-order valence-corrected chi connectivity index (χ3v) is 15.7. The van der Waals surface area contributed by atoms with Crippen LogP contribution in [0.25, 0.3) is 22.3 Å². The first-order valence-corrected chi connectivity index (χ1v) is 29.5. The molecular formula is C58H73N7NaO20P. The normalized spacial score (nSPS) is 27.2. The van der Waals surface area contributed by atoms with E-state index in [1.165, 1.54) is 19.1 Å². The van der Waals surface area contributed by atoms with Crippen LogP contribution >= 0.6 is 7.82 Å². The van der Waals surface area contributed by atoms with Crippen LogP contribution in [0.1, 0.15) is 81.8 Å². The zero-order valence-electron chi connectivity index (χ0n) is 48.4. The minimum atomic E-state index is -5.31. The van der Waals surface area contributed by atoms with Crippen molar-refractivity contribution in [1.82, 2.24) is 36.4 Å². The van der Waals surface area contributed by atoms with E-state index in [0.29, 0.717) is 12.2 Å². The van der Waals surface area contributed by atoms with Gasteiger partial charge in [0.2, 0.25) is 35.4 Å². The molecule has 87 heavy (non-hydrogen) atoms. The van der Waals surface area contributed by atoms with E-state index in [1.54, 1.807) is 12.1 Å². The molecule has 4 aromatic carbocycles. The Balaban J connectivity index is 0.0000121. The largest absolute Gasteiger partial charge is 1.00 e. The number of benzene rings is 4. The van der Waals surface area contributed by atoms with Crippen LogP contribution in [0.5, 0.6) is 11.5 Å². The van der Waals surface area contributed by atoms with Crippen LogP contribution in [0.15, 0.2) is 97.1 Å². The van der Waals surface area contributed by atoms with Gasteiger partial charge < -0.3 is 96.3 Å². The minimum absolute atomic E-state index is 0. The summed E-state index contributed by atoms with van der Waals surface area (Å²) in [5.74, 6) is -9.30. The van der Waals surface area contributed by atoms with Crippen LogP contribution in [0.2, 0.25) is 0 Å². The summed E-state index contributed by atoms with van der Waals surface area (Å²) < 4.78 is 21.6. The molecule has 0 saturated carbocycles.